The molecule has 0 bridgehead atoms. The number of benzene rings is 1. The first kappa shape index (κ1) is 22.0. The van der Waals surface area contributed by atoms with Crippen molar-refractivity contribution in [1.29, 1.82) is 0 Å². The van der Waals surface area contributed by atoms with Crippen LogP contribution in [0.25, 0.3) is 0 Å². The van der Waals surface area contributed by atoms with Gasteiger partial charge in [0.05, 0.1) is 0 Å². The maximum atomic E-state index is 12.9. The van der Waals surface area contributed by atoms with Crippen molar-refractivity contribution < 1.29 is 4.79 Å². The first-order valence-electron chi connectivity index (χ1n) is 9.78. The minimum Gasteiger partial charge on any atom is -0.339 e. The third kappa shape index (κ3) is 7.37. The lowest BCUT2D eigenvalue weighted by atomic mass is 9.98. The van der Waals surface area contributed by atoms with Gasteiger partial charge in [-0.05, 0) is 56.7 Å². The Labute approximate surface area is 160 Å². The van der Waals surface area contributed by atoms with Crippen molar-refractivity contribution in [3.05, 3.63) is 35.9 Å². The first-order chi connectivity index (χ1) is 11.7. The molecule has 0 aromatic heterocycles. The van der Waals surface area contributed by atoms with E-state index in [-0.39, 0.29) is 12.4 Å². The summed E-state index contributed by atoms with van der Waals surface area (Å²) in [5.41, 5.74) is 1.34. The molecule has 0 saturated carbocycles. The number of nitrogens with one attached hydrogen (secondary N) is 1. The molecule has 2 unspecified atom stereocenters. The Morgan fingerprint density at radius 1 is 1.24 bits per heavy atom. The monoisotopic (exact) mass is 366 g/mol. The molecule has 1 amide bonds. The number of halogens is 1. The van der Waals surface area contributed by atoms with E-state index in [2.05, 4.69) is 54.4 Å². The van der Waals surface area contributed by atoms with Gasteiger partial charge in [-0.2, -0.15) is 0 Å². The highest BCUT2D eigenvalue weighted by Crippen LogP contribution is 2.19. The normalized spacial score (nSPS) is 17.8. The quantitative estimate of drug-likeness (QED) is 0.663. The molecule has 1 fully saturated rings. The second-order valence-electron chi connectivity index (χ2n) is 7.12. The van der Waals surface area contributed by atoms with E-state index in [1.807, 2.05) is 0 Å². The largest absolute Gasteiger partial charge is 0.339 e. The van der Waals surface area contributed by atoms with E-state index in [4.69, 9.17) is 0 Å². The molecule has 2 rings (SSSR count). The molecule has 4 heteroatoms. The van der Waals surface area contributed by atoms with Crippen LogP contribution in [0.3, 0.4) is 0 Å². The lowest BCUT2D eigenvalue weighted by molar-refractivity contribution is -0.134. The maximum Gasteiger partial charge on any atom is 0.222 e. The molecule has 1 aromatic rings. The smallest absolute Gasteiger partial charge is 0.222 e. The Kier molecular flexibility index (Phi) is 10.8. The fraction of sp³-hybridized carbons (Fsp3) is 0.667. The standard InChI is InChI=1S/C21H34N2O.ClH/c1-3-8-20(16-18-9-6-5-7-10-18)23(15-4-2)21(24)12-11-19-13-14-22-17-19;/h5-7,9-10,19-20,22H,3-4,8,11-17H2,1-2H3;1H. The topological polar surface area (TPSA) is 32.3 Å². The molecule has 1 N–H and O–H groups in total. The molecule has 25 heavy (non-hydrogen) atoms. The van der Waals surface area contributed by atoms with Crippen LogP contribution < -0.4 is 5.32 Å². The van der Waals surface area contributed by atoms with Gasteiger partial charge in [-0.25, -0.2) is 0 Å². The fourth-order valence-electron chi connectivity index (χ4n) is 3.77. The molecule has 1 aliphatic heterocycles. The van der Waals surface area contributed by atoms with Crippen LogP contribution in [0.15, 0.2) is 30.3 Å². The summed E-state index contributed by atoms with van der Waals surface area (Å²) in [6.07, 6.45) is 7.20. The predicted molar refractivity (Wildman–Crippen MR) is 108 cm³/mol. The fourth-order valence-corrected chi connectivity index (χ4v) is 3.77. The molecular formula is C21H35ClN2O. The molecule has 1 aromatic carbocycles. The van der Waals surface area contributed by atoms with Crippen molar-refractivity contribution in [2.45, 2.75) is 64.8 Å². The maximum absolute atomic E-state index is 12.9. The Morgan fingerprint density at radius 2 is 2.00 bits per heavy atom. The summed E-state index contributed by atoms with van der Waals surface area (Å²) < 4.78 is 0. The van der Waals surface area contributed by atoms with E-state index in [9.17, 15) is 4.79 Å². The van der Waals surface area contributed by atoms with Gasteiger partial charge in [-0.1, -0.05) is 50.6 Å². The van der Waals surface area contributed by atoms with Gasteiger partial charge < -0.3 is 10.2 Å². The average Bonchev–Trinajstić information content (AvgIpc) is 3.12. The molecule has 2 atom stereocenters. The molecule has 3 nitrogen and oxygen atoms in total. The second-order valence-corrected chi connectivity index (χ2v) is 7.12. The van der Waals surface area contributed by atoms with E-state index in [1.165, 1.54) is 12.0 Å². The summed E-state index contributed by atoms with van der Waals surface area (Å²) in [7, 11) is 0. The molecular weight excluding hydrogens is 332 g/mol. The molecule has 1 aliphatic rings. The summed E-state index contributed by atoms with van der Waals surface area (Å²) in [6.45, 7) is 7.48. The number of carbonyl (C=O) groups is 1. The molecule has 0 aliphatic carbocycles. The van der Waals surface area contributed by atoms with E-state index in [0.717, 1.165) is 51.7 Å². The average molecular weight is 367 g/mol. The lowest BCUT2D eigenvalue weighted by Gasteiger charge is -2.32. The van der Waals surface area contributed by atoms with Crippen LogP contribution >= 0.6 is 12.4 Å². The van der Waals surface area contributed by atoms with Gasteiger partial charge >= 0.3 is 0 Å². The van der Waals surface area contributed by atoms with Gasteiger partial charge in [0, 0.05) is 19.0 Å². The predicted octanol–water partition coefficient (Wildman–Crippen LogP) is 4.45. The molecule has 0 radical (unpaired) electrons. The van der Waals surface area contributed by atoms with Gasteiger partial charge in [0.15, 0.2) is 0 Å². The first-order valence-corrected chi connectivity index (χ1v) is 9.78. The van der Waals surface area contributed by atoms with Crippen molar-refractivity contribution in [2.75, 3.05) is 19.6 Å². The zero-order chi connectivity index (χ0) is 17.2. The van der Waals surface area contributed by atoms with Crippen LogP contribution in [-0.2, 0) is 11.2 Å². The highest BCUT2D eigenvalue weighted by atomic mass is 35.5. The molecule has 0 spiro atoms. The van der Waals surface area contributed by atoms with E-state index >= 15 is 0 Å². The number of rotatable bonds is 10. The van der Waals surface area contributed by atoms with Gasteiger partial charge in [-0.15, -0.1) is 12.4 Å². The highest BCUT2D eigenvalue weighted by Gasteiger charge is 2.24. The minimum absolute atomic E-state index is 0. The van der Waals surface area contributed by atoms with Crippen molar-refractivity contribution >= 4 is 18.3 Å². The summed E-state index contributed by atoms with van der Waals surface area (Å²) >= 11 is 0. The zero-order valence-corrected chi connectivity index (χ0v) is 16.7. The zero-order valence-electron chi connectivity index (χ0n) is 15.9. The van der Waals surface area contributed by atoms with Crippen LogP contribution in [0.5, 0.6) is 0 Å². The number of hydrogen-bond donors (Lipinski definition) is 1. The van der Waals surface area contributed by atoms with E-state index in [1.54, 1.807) is 0 Å². The summed E-state index contributed by atoms with van der Waals surface area (Å²) in [5.74, 6) is 1.05. The minimum atomic E-state index is 0. The van der Waals surface area contributed by atoms with Crippen molar-refractivity contribution in [2.24, 2.45) is 5.92 Å². The third-order valence-electron chi connectivity index (χ3n) is 5.09. The summed E-state index contributed by atoms with van der Waals surface area (Å²) in [5, 5.41) is 3.40. The van der Waals surface area contributed by atoms with E-state index < -0.39 is 0 Å². The number of carbonyl (C=O) groups excluding carboxylic acids is 1. The van der Waals surface area contributed by atoms with Crippen LogP contribution in [0.4, 0.5) is 0 Å². The van der Waals surface area contributed by atoms with Crippen molar-refractivity contribution in [3.8, 4) is 0 Å². The van der Waals surface area contributed by atoms with Crippen LogP contribution in [-0.4, -0.2) is 36.5 Å². The number of amides is 1. The Bertz CT molecular complexity index is 474. The van der Waals surface area contributed by atoms with Crippen molar-refractivity contribution in [1.82, 2.24) is 10.2 Å². The van der Waals surface area contributed by atoms with Gasteiger partial charge in [0.25, 0.3) is 0 Å². The Hall–Kier alpha value is -1.06. The van der Waals surface area contributed by atoms with Gasteiger partial charge in [0.1, 0.15) is 0 Å². The Morgan fingerprint density at radius 3 is 2.60 bits per heavy atom. The molecule has 1 heterocycles. The summed E-state index contributed by atoms with van der Waals surface area (Å²) in [6, 6.07) is 11.0. The summed E-state index contributed by atoms with van der Waals surface area (Å²) in [4.78, 5) is 15.1. The van der Waals surface area contributed by atoms with Gasteiger partial charge in [-0.3, -0.25) is 4.79 Å². The number of nitrogens with zero attached hydrogens (tertiary/aromatic N) is 1. The number of hydrogen-bond acceptors (Lipinski definition) is 2. The van der Waals surface area contributed by atoms with Crippen LogP contribution in [0.1, 0.15) is 57.9 Å². The van der Waals surface area contributed by atoms with Crippen LogP contribution in [0.2, 0.25) is 0 Å². The Balaban J connectivity index is 0.00000312. The van der Waals surface area contributed by atoms with Gasteiger partial charge in [0.2, 0.25) is 5.91 Å². The van der Waals surface area contributed by atoms with Crippen LogP contribution in [0, 0.1) is 5.92 Å². The molecule has 142 valence electrons. The third-order valence-corrected chi connectivity index (χ3v) is 5.09. The molecule has 1 saturated heterocycles. The lowest BCUT2D eigenvalue weighted by Crippen LogP contribution is -2.42. The second kappa shape index (κ2) is 12.3. The SMILES string of the molecule is CCCC(Cc1ccccc1)N(CCC)C(=O)CCC1CCNC1.Cl. The highest BCUT2D eigenvalue weighted by molar-refractivity contribution is 5.85. The van der Waals surface area contributed by atoms with E-state index in [0.29, 0.717) is 24.3 Å². The van der Waals surface area contributed by atoms with Crippen molar-refractivity contribution in [3.63, 3.8) is 0 Å².